The summed E-state index contributed by atoms with van der Waals surface area (Å²) in [6.45, 7) is -2.15. The Morgan fingerprint density at radius 1 is 1.00 bits per heavy atom. The van der Waals surface area contributed by atoms with Gasteiger partial charge in [-0.1, -0.05) is 36.4 Å². The maximum atomic E-state index is 12.9. The van der Waals surface area contributed by atoms with Crippen LogP contribution in [0.25, 0.3) is 0 Å². The van der Waals surface area contributed by atoms with Gasteiger partial charge < -0.3 is 59.4 Å². The zero-order valence-electron chi connectivity index (χ0n) is 20.1. The van der Waals surface area contributed by atoms with Gasteiger partial charge in [0.1, 0.15) is 53.7 Å². The van der Waals surface area contributed by atoms with Gasteiger partial charge in [0.2, 0.25) is 6.29 Å². The van der Waals surface area contributed by atoms with Crippen LogP contribution >= 0.6 is 0 Å². The summed E-state index contributed by atoms with van der Waals surface area (Å²) in [5, 5.41) is 71.1. The van der Waals surface area contributed by atoms with Crippen molar-refractivity contribution < 1.29 is 64.2 Å². The summed E-state index contributed by atoms with van der Waals surface area (Å²) < 4.78 is 27.5. The Labute approximate surface area is 217 Å². The lowest BCUT2D eigenvalue weighted by molar-refractivity contribution is -0.319. The van der Waals surface area contributed by atoms with Gasteiger partial charge in [0.25, 0.3) is 0 Å². The highest BCUT2D eigenvalue weighted by atomic mass is 16.8. The van der Waals surface area contributed by atoms with E-state index in [1.54, 1.807) is 30.3 Å². The van der Waals surface area contributed by atoms with E-state index in [0.717, 1.165) is 0 Å². The predicted molar refractivity (Wildman–Crippen MR) is 125 cm³/mol. The van der Waals surface area contributed by atoms with Gasteiger partial charge in [-0.2, -0.15) is 0 Å². The number of hydrogen-bond acceptors (Lipinski definition) is 13. The molecule has 2 aliphatic rings. The molecule has 2 aromatic rings. The van der Waals surface area contributed by atoms with Crippen molar-refractivity contribution in [2.45, 2.75) is 55.3 Å². The van der Waals surface area contributed by atoms with Crippen LogP contribution in [0.2, 0.25) is 0 Å². The number of hydrogen-bond donors (Lipinski definition) is 7. The molecule has 8 atom stereocenters. The van der Waals surface area contributed by atoms with E-state index in [1.165, 1.54) is 18.2 Å². The molecule has 4 rings (SSSR count). The van der Waals surface area contributed by atoms with E-state index in [2.05, 4.69) is 0 Å². The Morgan fingerprint density at radius 2 is 1.74 bits per heavy atom. The number of aliphatic hydroxyl groups excluding tert-OH is 5. The highest BCUT2D eigenvalue weighted by Gasteiger charge is 2.53. The summed E-state index contributed by atoms with van der Waals surface area (Å²) in [6, 6.07) is 12.7. The smallest absolute Gasteiger partial charge is 0.346 e. The minimum absolute atomic E-state index is 0.0960. The Balaban J connectivity index is 1.57. The van der Waals surface area contributed by atoms with Crippen LogP contribution in [0, 0.1) is 0 Å². The van der Waals surface area contributed by atoms with E-state index in [4.69, 9.17) is 23.7 Å². The number of carbonyl (C=O) groups is 1. The standard InChI is InChI=1S/C25H30O13/c26-9-16-18(29)19(30)20(38-24-21(31)25(33,11-27)12-35-24)23(37-16)36-15-8-4-7-14(28)17(15)22(32)34-10-13-5-2-1-3-6-13/h1-8,16,18-21,23-24,26-31,33H,9-12H2/t16-,18-,19+,20-,21+,23-,24+,25-/m1/s1. The van der Waals surface area contributed by atoms with Crippen molar-refractivity contribution in [1.29, 1.82) is 0 Å². The lowest BCUT2D eigenvalue weighted by atomic mass is 9.98. The van der Waals surface area contributed by atoms with Crippen LogP contribution in [0.3, 0.4) is 0 Å². The Kier molecular flexibility index (Phi) is 8.82. The molecule has 2 heterocycles. The Morgan fingerprint density at radius 3 is 2.39 bits per heavy atom. The number of carbonyl (C=O) groups excluding carboxylic acids is 1. The highest BCUT2D eigenvalue weighted by Crippen LogP contribution is 2.35. The van der Waals surface area contributed by atoms with Crippen LogP contribution in [0.5, 0.6) is 11.5 Å². The van der Waals surface area contributed by atoms with E-state index in [0.29, 0.717) is 5.56 Å². The number of aromatic hydroxyl groups is 1. The van der Waals surface area contributed by atoms with Crippen molar-refractivity contribution in [3.05, 3.63) is 59.7 Å². The third kappa shape index (κ3) is 5.76. The molecule has 0 amide bonds. The number of rotatable bonds is 9. The van der Waals surface area contributed by atoms with Crippen molar-refractivity contribution in [3.63, 3.8) is 0 Å². The number of ether oxygens (including phenoxy) is 5. The lowest BCUT2D eigenvalue weighted by Crippen LogP contribution is -2.62. The van der Waals surface area contributed by atoms with E-state index < -0.39 is 80.2 Å². The molecule has 0 saturated carbocycles. The van der Waals surface area contributed by atoms with E-state index in [-0.39, 0.29) is 17.9 Å². The molecule has 7 N–H and O–H groups in total. The van der Waals surface area contributed by atoms with Gasteiger partial charge in [-0.15, -0.1) is 0 Å². The molecule has 0 radical (unpaired) electrons. The minimum Gasteiger partial charge on any atom is -0.507 e. The van der Waals surface area contributed by atoms with E-state index in [9.17, 15) is 40.5 Å². The number of phenolic OH excluding ortho intramolecular Hbond substituents is 1. The molecular formula is C25H30O13. The molecule has 2 aliphatic heterocycles. The molecule has 0 unspecified atom stereocenters. The maximum absolute atomic E-state index is 12.9. The molecular weight excluding hydrogens is 508 g/mol. The average molecular weight is 539 g/mol. The maximum Gasteiger partial charge on any atom is 0.346 e. The topological polar surface area (TPSA) is 205 Å². The molecule has 0 aromatic heterocycles. The summed E-state index contributed by atoms with van der Waals surface area (Å²) in [5.41, 5.74) is -1.70. The Bertz CT molecular complexity index is 1080. The number of benzene rings is 2. The average Bonchev–Trinajstić information content (AvgIpc) is 3.21. The summed E-state index contributed by atoms with van der Waals surface area (Å²) in [5.74, 6) is -1.64. The molecule has 0 aliphatic carbocycles. The molecule has 2 fully saturated rings. The van der Waals surface area contributed by atoms with Crippen LogP contribution in [0.1, 0.15) is 15.9 Å². The quantitative estimate of drug-likeness (QED) is 0.180. The zero-order chi connectivity index (χ0) is 27.4. The van der Waals surface area contributed by atoms with Gasteiger partial charge >= 0.3 is 5.97 Å². The van der Waals surface area contributed by atoms with Crippen molar-refractivity contribution in [3.8, 4) is 11.5 Å². The van der Waals surface area contributed by atoms with Crippen molar-refractivity contribution in [1.82, 2.24) is 0 Å². The summed E-state index contributed by atoms with van der Waals surface area (Å²) in [7, 11) is 0. The summed E-state index contributed by atoms with van der Waals surface area (Å²) in [6.07, 6.45) is -11.3. The fourth-order valence-electron chi connectivity index (χ4n) is 4.10. The second kappa shape index (κ2) is 11.9. The van der Waals surface area contributed by atoms with Gasteiger partial charge in [0.05, 0.1) is 19.8 Å². The first-order chi connectivity index (χ1) is 18.2. The molecule has 208 valence electrons. The predicted octanol–water partition coefficient (Wildman–Crippen LogP) is -1.61. The van der Waals surface area contributed by atoms with Crippen LogP contribution in [-0.2, 0) is 25.6 Å². The zero-order valence-corrected chi connectivity index (χ0v) is 20.1. The monoisotopic (exact) mass is 538 g/mol. The van der Waals surface area contributed by atoms with E-state index >= 15 is 0 Å². The molecule has 2 aromatic carbocycles. The second-order valence-electron chi connectivity index (χ2n) is 9.02. The van der Waals surface area contributed by atoms with Crippen LogP contribution in [0.4, 0.5) is 0 Å². The lowest BCUT2D eigenvalue weighted by Gasteiger charge is -2.42. The van der Waals surface area contributed by atoms with Crippen molar-refractivity contribution >= 4 is 5.97 Å². The van der Waals surface area contributed by atoms with Gasteiger partial charge in [0.15, 0.2) is 12.4 Å². The third-order valence-corrected chi connectivity index (χ3v) is 6.36. The minimum atomic E-state index is -2.03. The van der Waals surface area contributed by atoms with E-state index in [1.807, 2.05) is 0 Å². The third-order valence-electron chi connectivity index (χ3n) is 6.36. The second-order valence-corrected chi connectivity index (χ2v) is 9.02. The van der Waals surface area contributed by atoms with Crippen LogP contribution in [0.15, 0.2) is 48.5 Å². The van der Waals surface area contributed by atoms with Crippen molar-refractivity contribution in [2.75, 3.05) is 19.8 Å². The number of aliphatic hydroxyl groups is 6. The molecule has 13 heteroatoms. The number of phenols is 1. The van der Waals surface area contributed by atoms with Gasteiger partial charge in [-0.05, 0) is 17.7 Å². The first kappa shape index (κ1) is 28.2. The fraction of sp³-hybridized carbons (Fsp3) is 0.480. The van der Waals surface area contributed by atoms with Crippen LogP contribution < -0.4 is 4.74 Å². The molecule has 0 spiro atoms. The number of esters is 1. The van der Waals surface area contributed by atoms with Gasteiger partial charge in [-0.3, -0.25) is 0 Å². The molecule has 38 heavy (non-hydrogen) atoms. The normalized spacial score (nSPS) is 33.2. The molecule has 0 bridgehead atoms. The fourth-order valence-corrected chi connectivity index (χ4v) is 4.10. The highest BCUT2D eigenvalue weighted by molar-refractivity contribution is 5.95. The molecule has 13 nitrogen and oxygen atoms in total. The van der Waals surface area contributed by atoms with Gasteiger partial charge in [0, 0.05) is 0 Å². The first-order valence-electron chi connectivity index (χ1n) is 11.8. The Hall–Kier alpha value is -2.85. The SMILES string of the molecule is O=C(OCc1ccccc1)c1c(O)cccc1O[C@@H]1O[C@H](CO)[C@@H](O)[C@H](O)[C@H]1O[C@@H]1OC[C@](O)(CO)[C@H]1O. The van der Waals surface area contributed by atoms with Crippen LogP contribution in [-0.4, -0.2) is 110 Å². The molecule has 2 saturated heterocycles. The summed E-state index contributed by atoms with van der Waals surface area (Å²) >= 11 is 0. The first-order valence-corrected chi connectivity index (χ1v) is 11.8. The largest absolute Gasteiger partial charge is 0.507 e. The van der Waals surface area contributed by atoms with Crippen molar-refractivity contribution in [2.24, 2.45) is 0 Å². The summed E-state index contributed by atoms with van der Waals surface area (Å²) in [4.78, 5) is 12.9. The van der Waals surface area contributed by atoms with Gasteiger partial charge in [-0.25, -0.2) is 4.79 Å².